The molecule has 0 spiro atoms. The fourth-order valence-electron chi connectivity index (χ4n) is 4.14. The highest BCUT2D eigenvalue weighted by molar-refractivity contribution is 5.75. The highest BCUT2D eigenvalue weighted by Crippen LogP contribution is 2.26. The normalized spacial score (nSPS) is 16.3. The number of aromatic nitrogens is 4. The van der Waals surface area contributed by atoms with Gasteiger partial charge in [-0.2, -0.15) is 15.5 Å². The third-order valence-corrected chi connectivity index (χ3v) is 5.80. The molecule has 10 heteroatoms. The third-order valence-electron chi connectivity index (χ3n) is 5.80. The number of rotatable bonds is 3. The van der Waals surface area contributed by atoms with E-state index < -0.39 is 11.2 Å². The van der Waals surface area contributed by atoms with Gasteiger partial charge >= 0.3 is 5.69 Å². The van der Waals surface area contributed by atoms with E-state index in [2.05, 4.69) is 17.1 Å². The Bertz CT molecular complexity index is 1350. The zero-order valence-electron chi connectivity index (χ0n) is 17.4. The van der Waals surface area contributed by atoms with Gasteiger partial charge in [0.25, 0.3) is 5.56 Å². The van der Waals surface area contributed by atoms with Gasteiger partial charge in [-0.3, -0.25) is 18.5 Å². The Labute approximate surface area is 178 Å². The Kier molecular flexibility index (Phi) is 5.09. The standard InChI is InChI=1S/C21H22N8O2/c1-26-18-17(19(30)27(2)21(26)31)29(20(25-18)28-8-4-7-15(24)11-28)12-16-13(9-22)5-3-6-14(16)10-23/h3,5-6,15H,4,7-8,11-12,24H2,1-2H3. The molecule has 158 valence electrons. The van der Waals surface area contributed by atoms with Crippen molar-refractivity contribution in [2.45, 2.75) is 25.4 Å². The van der Waals surface area contributed by atoms with E-state index in [4.69, 9.17) is 5.73 Å². The molecule has 1 atom stereocenters. The molecule has 1 fully saturated rings. The van der Waals surface area contributed by atoms with Crippen LogP contribution in [-0.2, 0) is 20.6 Å². The van der Waals surface area contributed by atoms with Crippen LogP contribution in [-0.4, -0.2) is 37.8 Å². The number of benzene rings is 1. The van der Waals surface area contributed by atoms with Gasteiger partial charge in [0.05, 0.1) is 29.8 Å². The Morgan fingerprint density at radius 3 is 2.45 bits per heavy atom. The Balaban J connectivity index is 2.03. The zero-order valence-corrected chi connectivity index (χ0v) is 17.4. The zero-order chi connectivity index (χ0) is 22.3. The van der Waals surface area contributed by atoms with Gasteiger partial charge in [-0.15, -0.1) is 0 Å². The van der Waals surface area contributed by atoms with Gasteiger partial charge in [0.1, 0.15) is 0 Å². The lowest BCUT2D eigenvalue weighted by molar-refractivity contribution is 0.495. The van der Waals surface area contributed by atoms with Crippen molar-refractivity contribution in [3.05, 3.63) is 55.7 Å². The van der Waals surface area contributed by atoms with Gasteiger partial charge in [0.2, 0.25) is 5.95 Å². The second kappa shape index (κ2) is 7.74. The maximum atomic E-state index is 13.1. The molecule has 1 aliphatic rings. The first-order valence-corrected chi connectivity index (χ1v) is 9.96. The fraction of sp³-hybridized carbons (Fsp3) is 0.381. The molecule has 0 saturated carbocycles. The van der Waals surface area contributed by atoms with Crippen molar-refractivity contribution in [2.75, 3.05) is 18.0 Å². The van der Waals surface area contributed by atoms with Gasteiger partial charge in [-0.25, -0.2) is 4.79 Å². The first-order chi connectivity index (χ1) is 14.9. The molecular formula is C21H22N8O2. The molecule has 3 heterocycles. The van der Waals surface area contributed by atoms with Gasteiger partial charge in [-0.05, 0) is 25.0 Å². The van der Waals surface area contributed by atoms with Crippen molar-refractivity contribution >= 4 is 17.1 Å². The van der Waals surface area contributed by atoms with E-state index in [0.29, 0.717) is 35.7 Å². The van der Waals surface area contributed by atoms with Gasteiger partial charge in [0, 0.05) is 38.8 Å². The number of hydrogen-bond acceptors (Lipinski definition) is 7. The van der Waals surface area contributed by atoms with Crippen LogP contribution >= 0.6 is 0 Å². The molecule has 3 aromatic rings. The number of nitriles is 2. The summed E-state index contributed by atoms with van der Waals surface area (Å²) in [5, 5.41) is 19.2. The van der Waals surface area contributed by atoms with E-state index in [1.165, 1.54) is 11.6 Å². The molecule has 1 saturated heterocycles. The predicted octanol–water partition coefficient (Wildman–Crippen LogP) is 0.153. The summed E-state index contributed by atoms with van der Waals surface area (Å²) in [5.41, 5.74) is 6.93. The van der Waals surface area contributed by atoms with Crippen molar-refractivity contribution in [1.29, 1.82) is 10.5 Å². The smallest absolute Gasteiger partial charge is 0.332 e. The minimum Gasteiger partial charge on any atom is -0.341 e. The van der Waals surface area contributed by atoms with Crippen LogP contribution in [0.15, 0.2) is 27.8 Å². The van der Waals surface area contributed by atoms with E-state index >= 15 is 0 Å². The highest BCUT2D eigenvalue weighted by Gasteiger charge is 2.26. The lowest BCUT2D eigenvalue weighted by atomic mass is 10.0. The van der Waals surface area contributed by atoms with E-state index in [0.717, 1.165) is 17.4 Å². The number of piperidine rings is 1. The molecular weight excluding hydrogens is 396 g/mol. The van der Waals surface area contributed by atoms with Crippen LogP contribution in [0.4, 0.5) is 5.95 Å². The summed E-state index contributed by atoms with van der Waals surface area (Å²) in [5.74, 6) is 0.500. The summed E-state index contributed by atoms with van der Waals surface area (Å²) in [6.45, 7) is 1.36. The molecule has 0 radical (unpaired) electrons. The molecule has 0 bridgehead atoms. The Morgan fingerprint density at radius 1 is 1.16 bits per heavy atom. The fourth-order valence-corrected chi connectivity index (χ4v) is 4.14. The van der Waals surface area contributed by atoms with E-state index in [-0.39, 0.29) is 23.8 Å². The minimum atomic E-state index is -0.480. The summed E-state index contributed by atoms with van der Waals surface area (Å²) >= 11 is 0. The van der Waals surface area contributed by atoms with Crippen molar-refractivity contribution in [2.24, 2.45) is 19.8 Å². The van der Waals surface area contributed by atoms with Crippen molar-refractivity contribution < 1.29 is 0 Å². The molecule has 1 aromatic carbocycles. The van der Waals surface area contributed by atoms with Gasteiger partial charge in [0.15, 0.2) is 11.2 Å². The molecule has 2 N–H and O–H groups in total. The molecule has 0 amide bonds. The second-order valence-electron chi connectivity index (χ2n) is 7.78. The quantitative estimate of drug-likeness (QED) is 0.639. The molecule has 1 unspecified atom stereocenters. The van der Waals surface area contributed by atoms with E-state index in [1.54, 1.807) is 29.8 Å². The number of fused-ring (bicyclic) bond motifs is 1. The summed E-state index contributed by atoms with van der Waals surface area (Å²) in [7, 11) is 2.99. The number of aryl methyl sites for hydroxylation is 1. The summed E-state index contributed by atoms with van der Waals surface area (Å²) in [4.78, 5) is 32.2. The van der Waals surface area contributed by atoms with Gasteiger partial charge < -0.3 is 10.6 Å². The van der Waals surface area contributed by atoms with Gasteiger partial charge in [-0.1, -0.05) is 6.07 Å². The van der Waals surface area contributed by atoms with Crippen LogP contribution in [0.2, 0.25) is 0 Å². The van der Waals surface area contributed by atoms with Crippen LogP contribution in [0.3, 0.4) is 0 Å². The molecule has 31 heavy (non-hydrogen) atoms. The molecule has 10 nitrogen and oxygen atoms in total. The Hall–Kier alpha value is -3.89. The van der Waals surface area contributed by atoms with E-state index in [1.807, 2.05) is 4.90 Å². The van der Waals surface area contributed by atoms with Crippen molar-refractivity contribution in [3.63, 3.8) is 0 Å². The molecule has 2 aromatic heterocycles. The molecule has 0 aliphatic carbocycles. The average Bonchev–Trinajstić information content (AvgIpc) is 3.15. The summed E-state index contributed by atoms with van der Waals surface area (Å²) < 4.78 is 4.07. The molecule has 1 aliphatic heterocycles. The van der Waals surface area contributed by atoms with E-state index in [9.17, 15) is 20.1 Å². The first kappa shape index (κ1) is 20.4. The number of nitrogens with two attached hydrogens (primary N) is 1. The van der Waals surface area contributed by atoms with Crippen LogP contribution in [0.5, 0.6) is 0 Å². The lowest BCUT2D eigenvalue weighted by Gasteiger charge is -2.32. The topological polar surface area (TPSA) is 139 Å². The Morgan fingerprint density at radius 2 is 1.84 bits per heavy atom. The van der Waals surface area contributed by atoms with Crippen LogP contribution in [0.1, 0.15) is 29.5 Å². The summed E-state index contributed by atoms with van der Waals surface area (Å²) in [6.07, 6.45) is 1.77. The average molecular weight is 418 g/mol. The number of nitrogens with zero attached hydrogens (tertiary/aromatic N) is 7. The number of anilines is 1. The lowest BCUT2D eigenvalue weighted by Crippen LogP contribution is -2.44. The maximum absolute atomic E-state index is 13.1. The monoisotopic (exact) mass is 418 g/mol. The number of hydrogen-bond donors (Lipinski definition) is 1. The maximum Gasteiger partial charge on any atom is 0.332 e. The third kappa shape index (κ3) is 3.27. The molecule has 4 rings (SSSR count). The van der Waals surface area contributed by atoms with Crippen molar-refractivity contribution in [1.82, 2.24) is 18.7 Å². The summed E-state index contributed by atoms with van der Waals surface area (Å²) in [6, 6.07) is 9.15. The van der Waals surface area contributed by atoms with Crippen LogP contribution < -0.4 is 21.9 Å². The minimum absolute atomic E-state index is 0.0327. The largest absolute Gasteiger partial charge is 0.341 e. The first-order valence-electron chi connectivity index (χ1n) is 9.96. The van der Waals surface area contributed by atoms with Crippen LogP contribution in [0, 0.1) is 22.7 Å². The van der Waals surface area contributed by atoms with Crippen molar-refractivity contribution in [3.8, 4) is 12.1 Å². The predicted molar refractivity (Wildman–Crippen MR) is 115 cm³/mol. The van der Waals surface area contributed by atoms with Crippen LogP contribution in [0.25, 0.3) is 11.2 Å². The highest BCUT2D eigenvalue weighted by atomic mass is 16.2. The number of imidazole rings is 1. The second-order valence-corrected chi connectivity index (χ2v) is 7.78. The SMILES string of the molecule is Cn1c(=O)c2c(nc(N3CCCC(N)C3)n2Cc2c(C#N)cccc2C#N)n(C)c1=O.